The molecule has 124 valence electrons. The maximum Gasteiger partial charge on any atom is 0.416 e. The molecule has 1 saturated heterocycles. The lowest BCUT2D eigenvalue weighted by atomic mass is 10.0. The van der Waals surface area contributed by atoms with Crippen molar-refractivity contribution in [3.8, 4) is 0 Å². The second kappa shape index (κ2) is 7.13. The Morgan fingerprint density at radius 3 is 2.71 bits per heavy atom. The van der Waals surface area contributed by atoms with Crippen LogP contribution >= 0.6 is 15.9 Å². The molecule has 0 N–H and O–H groups in total. The van der Waals surface area contributed by atoms with E-state index in [0.29, 0.717) is 6.42 Å². The Hall–Kier alpha value is -2.21. The zero-order chi connectivity index (χ0) is 17.1. The Balaban J connectivity index is 1.76. The van der Waals surface area contributed by atoms with E-state index in [2.05, 4.69) is 15.9 Å². The van der Waals surface area contributed by atoms with Crippen LogP contribution in [0.4, 0.5) is 9.18 Å². The van der Waals surface area contributed by atoms with Gasteiger partial charge in [-0.2, -0.15) is 0 Å². The largest absolute Gasteiger partial charge is 0.447 e. The van der Waals surface area contributed by atoms with E-state index in [9.17, 15) is 14.0 Å². The molecule has 2 amide bonds. The second-order valence-corrected chi connectivity index (χ2v) is 6.43. The number of halogens is 2. The topological polar surface area (TPSA) is 46.6 Å². The quantitative estimate of drug-likeness (QED) is 0.797. The number of carbonyl (C=O) groups is 2. The molecule has 0 radical (unpaired) electrons. The fraction of sp³-hybridized carbons (Fsp3) is 0.222. The molecule has 0 bridgehead atoms. The molecule has 0 spiro atoms. The highest BCUT2D eigenvalue weighted by Gasteiger charge is 2.37. The Morgan fingerprint density at radius 1 is 1.21 bits per heavy atom. The summed E-state index contributed by atoms with van der Waals surface area (Å²) in [4.78, 5) is 25.6. The minimum atomic E-state index is -0.670. The lowest BCUT2D eigenvalue weighted by molar-refractivity contribution is -0.128. The van der Waals surface area contributed by atoms with Gasteiger partial charge in [0, 0.05) is 0 Å². The minimum absolute atomic E-state index is 0.153. The Labute approximate surface area is 147 Å². The fourth-order valence-corrected chi connectivity index (χ4v) is 3.14. The molecular weight excluding hydrogens is 377 g/mol. The summed E-state index contributed by atoms with van der Waals surface area (Å²) < 4.78 is 19.4. The van der Waals surface area contributed by atoms with Gasteiger partial charge in [-0.25, -0.2) is 14.1 Å². The molecule has 1 fully saturated rings. The molecule has 4 nitrogen and oxygen atoms in total. The van der Waals surface area contributed by atoms with Crippen LogP contribution in [0.1, 0.15) is 11.1 Å². The summed E-state index contributed by atoms with van der Waals surface area (Å²) in [6, 6.07) is 13.9. The first-order valence-corrected chi connectivity index (χ1v) is 8.31. The molecule has 1 atom stereocenters. The summed E-state index contributed by atoms with van der Waals surface area (Å²) >= 11 is 3.10. The molecule has 1 unspecified atom stereocenters. The third kappa shape index (κ3) is 3.48. The SMILES string of the molecule is O=C(Cc1cccc(Br)c1F)N1C(=O)OCC1Cc1ccccc1. The van der Waals surface area contributed by atoms with Gasteiger partial charge in [0.2, 0.25) is 5.91 Å². The van der Waals surface area contributed by atoms with Crippen LogP contribution in [0.3, 0.4) is 0 Å². The minimum Gasteiger partial charge on any atom is -0.447 e. The fourth-order valence-electron chi connectivity index (χ4n) is 2.74. The summed E-state index contributed by atoms with van der Waals surface area (Å²) in [6.45, 7) is 0.153. The normalized spacial score (nSPS) is 17.0. The van der Waals surface area contributed by atoms with Crippen molar-refractivity contribution in [2.45, 2.75) is 18.9 Å². The third-order valence-electron chi connectivity index (χ3n) is 3.92. The molecule has 1 aliphatic rings. The number of amides is 2. The lowest BCUT2D eigenvalue weighted by Crippen LogP contribution is -2.41. The van der Waals surface area contributed by atoms with E-state index in [0.717, 1.165) is 10.5 Å². The number of hydrogen-bond donors (Lipinski definition) is 0. The van der Waals surface area contributed by atoms with Crippen molar-refractivity contribution in [1.82, 2.24) is 4.90 Å². The average Bonchev–Trinajstić information content (AvgIpc) is 2.93. The number of hydrogen-bond acceptors (Lipinski definition) is 3. The van der Waals surface area contributed by atoms with Crippen LogP contribution < -0.4 is 0 Å². The van der Waals surface area contributed by atoms with E-state index < -0.39 is 17.8 Å². The third-order valence-corrected chi connectivity index (χ3v) is 4.53. The van der Waals surface area contributed by atoms with Gasteiger partial charge in [0.25, 0.3) is 0 Å². The number of imide groups is 1. The Morgan fingerprint density at radius 2 is 1.96 bits per heavy atom. The summed E-state index contributed by atoms with van der Waals surface area (Å²) in [5.74, 6) is -0.951. The summed E-state index contributed by atoms with van der Waals surface area (Å²) in [5.41, 5.74) is 1.25. The molecule has 0 aliphatic carbocycles. The molecule has 6 heteroatoms. The Kier molecular flexibility index (Phi) is 4.94. The van der Waals surface area contributed by atoms with E-state index >= 15 is 0 Å². The number of cyclic esters (lactones) is 1. The predicted molar refractivity (Wildman–Crippen MR) is 89.9 cm³/mol. The first kappa shape index (κ1) is 16.6. The van der Waals surface area contributed by atoms with Crippen molar-refractivity contribution < 1.29 is 18.7 Å². The second-order valence-electron chi connectivity index (χ2n) is 5.57. The van der Waals surface area contributed by atoms with Gasteiger partial charge in [-0.15, -0.1) is 0 Å². The monoisotopic (exact) mass is 391 g/mol. The van der Waals surface area contributed by atoms with Crippen LogP contribution in [0.2, 0.25) is 0 Å². The number of carbonyl (C=O) groups excluding carboxylic acids is 2. The standard InChI is InChI=1S/C18H15BrFNO3/c19-15-8-4-7-13(17(15)20)10-16(22)21-14(11-24-18(21)23)9-12-5-2-1-3-6-12/h1-8,14H,9-11H2. The maximum atomic E-state index is 14.1. The molecule has 24 heavy (non-hydrogen) atoms. The van der Waals surface area contributed by atoms with Gasteiger partial charge in [-0.05, 0) is 39.5 Å². The van der Waals surface area contributed by atoms with Crippen LogP contribution in [-0.4, -0.2) is 29.5 Å². The molecule has 0 saturated carbocycles. The van der Waals surface area contributed by atoms with Crippen molar-refractivity contribution in [3.63, 3.8) is 0 Å². The van der Waals surface area contributed by atoms with Crippen LogP contribution in [0.5, 0.6) is 0 Å². The predicted octanol–water partition coefficient (Wildman–Crippen LogP) is 3.72. The zero-order valence-electron chi connectivity index (χ0n) is 12.7. The highest BCUT2D eigenvalue weighted by Crippen LogP contribution is 2.22. The molecule has 3 rings (SSSR count). The zero-order valence-corrected chi connectivity index (χ0v) is 14.3. The van der Waals surface area contributed by atoms with Gasteiger partial charge in [0.15, 0.2) is 0 Å². The van der Waals surface area contributed by atoms with Gasteiger partial charge in [-0.1, -0.05) is 42.5 Å². The van der Waals surface area contributed by atoms with Crippen molar-refractivity contribution >= 4 is 27.9 Å². The number of benzene rings is 2. The van der Waals surface area contributed by atoms with Crippen molar-refractivity contribution in [2.75, 3.05) is 6.61 Å². The lowest BCUT2D eigenvalue weighted by Gasteiger charge is -2.20. The van der Waals surface area contributed by atoms with Gasteiger partial charge < -0.3 is 4.74 Å². The van der Waals surface area contributed by atoms with Gasteiger partial charge >= 0.3 is 6.09 Å². The smallest absolute Gasteiger partial charge is 0.416 e. The van der Waals surface area contributed by atoms with E-state index in [1.807, 2.05) is 30.3 Å². The molecule has 0 aromatic heterocycles. The molecule has 1 aliphatic heterocycles. The number of nitrogens with zero attached hydrogens (tertiary/aromatic N) is 1. The van der Waals surface area contributed by atoms with Crippen LogP contribution in [0.25, 0.3) is 0 Å². The maximum absolute atomic E-state index is 14.1. The van der Waals surface area contributed by atoms with Crippen LogP contribution in [0, 0.1) is 5.82 Å². The summed E-state index contributed by atoms with van der Waals surface area (Å²) in [7, 11) is 0. The van der Waals surface area contributed by atoms with Crippen molar-refractivity contribution in [2.24, 2.45) is 0 Å². The molecule has 1 heterocycles. The molecule has 2 aromatic carbocycles. The summed E-state index contributed by atoms with van der Waals surface area (Å²) in [5, 5.41) is 0. The van der Waals surface area contributed by atoms with E-state index in [-0.39, 0.29) is 29.1 Å². The molecule has 2 aromatic rings. The summed E-state index contributed by atoms with van der Waals surface area (Å²) in [6.07, 6.45) is -0.346. The Bertz CT molecular complexity index is 766. The van der Waals surface area contributed by atoms with Gasteiger partial charge in [0.1, 0.15) is 12.4 Å². The van der Waals surface area contributed by atoms with Gasteiger partial charge in [0.05, 0.1) is 16.9 Å². The highest BCUT2D eigenvalue weighted by molar-refractivity contribution is 9.10. The first-order valence-electron chi connectivity index (χ1n) is 7.52. The first-order chi connectivity index (χ1) is 11.6. The van der Waals surface area contributed by atoms with Crippen LogP contribution in [-0.2, 0) is 22.4 Å². The molecular formula is C18H15BrFNO3. The van der Waals surface area contributed by atoms with Crippen molar-refractivity contribution in [3.05, 3.63) is 69.9 Å². The number of rotatable bonds is 4. The van der Waals surface area contributed by atoms with Crippen LogP contribution in [0.15, 0.2) is 53.0 Å². The van der Waals surface area contributed by atoms with Gasteiger partial charge in [-0.3, -0.25) is 4.79 Å². The highest BCUT2D eigenvalue weighted by atomic mass is 79.9. The van der Waals surface area contributed by atoms with E-state index in [1.165, 1.54) is 6.07 Å². The van der Waals surface area contributed by atoms with E-state index in [4.69, 9.17) is 4.74 Å². The average molecular weight is 392 g/mol. The number of ether oxygens (including phenoxy) is 1. The van der Waals surface area contributed by atoms with E-state index in [1.54, 1.807) is 12.1 Å². The van der Waals surface area contributed by atoms with Crippen molar-refractivity contribution in [1.29, 1.82) is 0 Å².